The summed E-state index contributed by atoms with van der Waals surface area (Å²) >= 11 is 3.32. The molecule has 0 unspecified atom stereocenters. The Labute approximate surface area is 214 Å². The van der Waals surface area contributed by atoms with Crippen LogP contribution in [0.25, 0.3) is 0 Å². The Morgan fingerprint density at radius 1 is 0.914 bits per heavy atom. The SMILES string of the molecule is CCOC(=O)Cc1ccc(NC(=O)CN(CCc2ccccc2)S(=O)(=O)c2ccc(Br)cc2)cc1. The van der Waals surface area contributed by atoms with Crippen LogP contribution in [0.1, 0.15) is 18.1 Å². The molecule has 0 spiro atoms. The van der Waals surface area contributed by atoms with Crippen molar-refractivity contribution in [3.63, 3.8) is 0 Å². The average Bonchev–Trinajstić information content (AvgIpc) is 2.84. The molecule has 0 saturated heterocycles. The molecule has 7 nitrogen and oxygen atoms in total. The first-order chi connectivity index (χ1) is 16.8. The summed E-state index contributed by atoms with van der Waals surface area (Å²) in [5.74, 6) is -0.784. The number of hydrogen-bond acceptors (Lipinski definition) is 5. The molecular formula is C26H27BrN2O5S. The Hall–Kier alpha value is -3.01. The maximum absolute atomic E-state index is 13.3. The predicted octanol–water partition coefficient (Wildman–Crippen LogP) is 4.43. The second-order valence-electron chi connectivity index (χ2n) is 7.76. The second kappa shape index (κ2) is 12.6. The van der Waals surface area contributed by atoms with E-state index in [0.717, 1.165) is 15.6 Å². The molecule has 1 N–H and O–H groups in total. The summed E-state index contributed by atoms with van der Waals surface area (Å²) in [7, 11) is -3.90. The number of hydrogen-bond donors (Lipinski definition) is 1. The van der Waals surface area contributed by atoms with Crippen LogP contribution < -0.4 is 5.32 Å². The Balaban J connectivity index is 1.72. The van der Waals surface area contributed by atoms with Gasteiger partial charge in [0.2, 0.25) is 15.9 Å². The molecular weight excluding hydrogens is 532 g/mol. The molecule has 9 heteroatoms. The van der Waals surface area contributed by atoms with E-state index in [1.165, 1.54) is 16.4 Å². The molecule has 0 heterocycles. The molecule has 3 rings (SSSR count). The van der Waals surface area contributed by atoms with Crippen LogP contribution in [0.2, 0.25) is 0 Å². The monoisotopic (exact) mass is 558 g/mol. The van der Waals surface area contributed by atoms with Crippen LogP contribution in [0.4, 0.5) is 5.69 Å². The number of rotatable bonds is 11. The molecule has 0 aliphatic heterocycles. The van der Waals surface area contributed by atoms with Crippen LogP contribution >= 0.6 is 15.9 Å². The number of ether oxygens (including phenoxy) is 1. The third-order valence-corrected chi connectivity index (χ3v) is 7.54. The lowest BCUT2D eigenvalue weighted by Gasteiger charge is -2.22. The van der Waals surface area contributed by atoms with Crippen molar-refractivity contribution in [3.8, 4) is 0 Å². The van der Waals surface area contributed by atoms with Gasteiger partial charge in [-0.05, 0) is 60.9 Å². The molecule has 184 valence electrons. The Kier molecular flexibility index (Phi) is 9.59. The van der Waals surface area contributed by atoms with Crippen molar-refractivity contribution in [1.82, 2.24) is 4.31 Å². The molecule has 0 saturated carbocycles. The normalized spacial score (nSPS) is 11.3. The van der Waals surface area contributed by atoms with Crippen LogP contribution in [0.3, 0.4) is 0 Å². The van der Waals surface area contributed by atoms with Gasteiger partial charge in [0, 0.05) is 16.7 Å². The number of anilines is 1. The van der Waals surface area contributed by atoms with Gasteiger partial charge in [0.25, 0.3) is 0 Å². The maximum Gasteiger partial charge on any atom is 0.310 e. The smallest absolute Gasteiger partial charge is 0.310 e. The van der Waals surface area contributed by atoms with Gasteiger partial charge < -0.3 is 10.1 Å². The highest BCUT2D eigenvalue weighted by Crippen LogP contribution is 2.20. The highest BCUT2D eigenvalue weighted by Gasteiger charge is 2.26. The van der Waals surface area contributed by atoms with E-state index in [2.05, 4.69) is 21.2 Å². The standard InChI is InChI=1S/C26H27BrN2O5S/c1-2-34-26(31)18-21-8-12-23(13-9-21)28-25(30)19-29(17-16-20-6-4-3-5-7-20)35(32,33)24-14-10-22(27)11-15-24/h3-15H,2,16-19H2,1H3,(H,28,30). The van der Waals surface area contributed by atoms with Gasteiger partial charge in [-0.3, -0.25) is 9.59 Å². The third-order valence-electron chi connectivity index (χ3n) is 5.16. The van der Waals surface area contributed by atoms with E-state index in [4.69, 9.17) is 4.74 Å². The van der Waals surface area contributed by atoms with Crippen molar-refractivity contribution in [3.05, 3.63) is 94.5 Å². The zero-order chi connectivity index (χ0) is 25.3. The van der Waals surface area contributed by atoms with Crippen LogP contribution in [-0.4, -0.2) is 44.3 Å². The van der Waals surface area contributed by atoms with Gasteiger partial charge in [-0.25, -0.2) is 8.42 Å². The van der Waals surface area contributed by atoms with Crippen molar-refractivity contribution < 1.29 is 22.7 Å². The van der Waals surface area contributed by atoms with E-state index in [9.17, 15) is 18.0 Å². The molecule has 0 radical (unpaired) electrons. The summed E-state index contributed by atoms with van der Waals surface area (Å²) in [6.07, 6.45) is 0.604. The molecule has 1 amide bonds. The van der Waals surface area contributed by atoms with E-state index in [-0.39, 0.29) is 30.4 Å². The first-order valence-corrected chi connectivity index (χ1v) is 13.4. The van der Waals surface area contributed by atoms with Gasteiger partial charge in [0.15, 0.2) is 0 Å². The largest absolute Gasteiger partial charge is 0.466 e. The first-order valence-electron chi connectivity index (χ1n) is 11.1. The van der Waals surface area contributed by atoms with Crippen molar-refractivity contribution >= 4 is 43.5 Å². The number of sulfonamides is 1. The molecule has 0 atom stereocenters. The van der Waals surface area contributed by atoms with Crippen molar-refractivity contribution in [2.75, 3.05) is 25.0 Å². The summed E-state index contributed by atoms with van der Waals surface area (Å²) < 4.78 is 33.6. The number of carbonyl (C=O) groups excluding carboxylic acids is 2. The lowest BCUT2D eigenvalue weighted by atomic mass is 10.1. The van der Waals surface area contributed by atoms with Gasteiger partial charge in [-0.2, -0.15) is 4.31 Å². The van der Waals surface area contributed by atoms with E-state index in [1.807, 2.05) is 30.3 Å². The minimum absolute atomic E-state index is 0.116. The molecule has 3 aromatic carbocycles. The lowest BCUT2D eigenvalue weighted by molar-refractivity contribution is -0.142. The fourth-order valence-electron chi connectivity index (χ4n) is 3.38. The molecule has 0 fully saturated rings. The Morgan fingerprint density at radius 3 is 2.20 bits per heavy atom. The van der Waals surface area contributed by atoms with E-state index in [1.54, 1.807) is 43.3 Å². The summed E-state index contributed by atoms with van der Waals surface area (Å²) in [6, 6.07) is 22.6. The number of nitrogens with one attached hydrogen (secondary N) is 1. The molecule has 0 bridgehead atoms. The van der Waals surface area contributed by atoms with E-state index >= 15 is 0 Å². The fraction of sp³-hybridized carbons (Fsp3) is 0.231. The second-order valence-corrected chi connectivity index (χ2v) is 10.6. The highest BCUT2D eigenvalue weighted by molar-refractivity contribution is 9.10. The molecule has 0 aliphatic carbocycles. The predicted molar refractivity (Wildman–Crippen MR) is 138 cm³/mol. The molecule has 35 heavy (non-hydrogen) atoms. The fourth-order valence-corrected chi connectivity index (χ4v) is 5.04. The van der Waals surface area contributed by atoms with Crippen LogP contribution in [0.15, 0.2) is 88.2 Å². The number of halogens is 1. The zero-order valence-electron chi connectivity index (χ0n) is 19.3. The minimum Gasteiger partial charge on any atom is -0.466 e. The van der Waals surface area contributed by atoms with Crippen molar-refractivity contribution in [1.29, 1.82) is 0 Å². The summed E-state index contributed by atoms with van der Waals surface area (Å²) in [4.78, 5) is 24.6. The number of benzene rings is 3. The minimum atomic E-state index is -3.90. The highest BCUT2D eigenvalue weighted by atomic mass is 79.9. The number of nitrogens with zero attached hydrogens (tertiary/aromatic N) is 1. The summed E-state index contributed by atoms with van der Waals surface area (Å²) in [5, 5.41) is 2.74. The molecule has 3 aromatic rings. The third kappa shape index (κ3) is 8.02. The quantitative estimate of drug-likeness (QED) is 0.351. The van der Waals surface area contributed by atoms with Gasteiger partial charge in [-0.1, -0.05) is 58.4 Å². The van der Waals surface area contributed by atoms with Crippen LogP contribution in [0.5, 0.6) is 0 Å². The average molecular weight is 559 g/mol. The summed E-state index contributed by atoms with van der Waals surface area (Å²) in [5.41, 5.74) is 2.23. The Morgan fingerprint density at radius 2 is 1.57 bits per heavy atom. The van der Waals surface area contributed by atoms with Gasteiger partial charge >= 0.3 is 5.97 Å². The van der Waals surface area contributed by atoms with Crippen molar-refractivity contribution in [2.24, 2.45) is 0 Å². The number of carbonyl (C=O) groups is 2. The van der Waals surface area contributed by atoms with Crippen LogP contribution in [-0.2, 0) is 37.2 Å². The van der Waals surface area contributed by atoms with E-state index in [0.29, 0.717) is 18.7 Å². The maximum atomic E-state index is 13.3. The van der Waals surface area contributed by atoms with Gasteiger partial charge in [0.1, 0.15) is 0 Å². The first kappa shape index (κ1) is 26.6. The van der Waals surface area contributed by atoms with Gasteiger partial charge in [0.05, 0.1) is 24.5 Å². The number of esters is 1. The molecule has 0 aliphatic rings. The van der Waals surface area contributed by atoms with Gasteiger partial charge in [-0.15, -0.1) is 0 Å². The van der Waals surface area contributed by atoms with E-state index < -0.39 is 15.9 Å². The Bertz CT molecular complexity index is 1230. The van der Waals surface area contributed by atoms with Crippen LogP contribution in [0, 0.1) is 0 Å². The lowest BCUT2D eigenvalue weighted by Crippen LogP contribution is -2.39. The zero-order valence-corrected chi connectivity index (χ0v) is 21.7. The summed E-state index contributed by atoms with van der Waals surface area (Å²) in [6.45, 7) is 1.87. The molecule has 0 aromatic heterocycles. The topological polar surface area (TPSA) is 92.8 Å². The number of amides is 1. The van der Waals surface area contributed by atoms with Crippen molar-refractivity contribution in [2.45, 2.75) is 24.7 Å².